The molecule has 1 saturated heterocycles. The lowest BCUT2D eigenvalue weighted by Gasteiger charge is -2.11. The number of rotatable bonds is 5. The molecule has 1 aromatic rings. The third-order valence-electron chi connectivity index (χ3n) is 2.57. The van der Waals surface area contributed by atoms with Gasteiger partial charge >= 0.3 is 6.09 Å². The summed E-state index contributed by atoms with van der Waals surface area (Å²) in [4.78, 5) is 30.5. The fraction of sp³-hybridized carbons (Fsp3) is 0.545. The Kier molecular flexibility index (Phi) is 4.20. The summed E-state index contributed by atoms with van der Waals surface area (Å²) in [7, 11) is 3.83. The zero-order valence-corrected chi connectivity index (χ0v) is 11.7. The van der Waals surface area contributed by atoms with Gasteiger partial charge in [-0.25, -0.2) is 9.78 Å². The van der Waals surface area contributed by atoms with Crippen molar-refractivity contribution in [1.29, 1.82) is 0 Å². The molecule has 0 radical (unpaired) electrons. The Bertz CT molecular complexity index is 474. The maximum atomic E-state index is 11.7. The number of nitrogens with zero attached hydrogens (tertiary/aromatic N) is 3. The molecule has 8 heteroatoms. The zero-order chi connectivity index (χ0) is 13.8. The van der Waals surface area contributed by atoms with E-state index in [4.69, 9.17) is 4.74 Å². The van der Waals surface area contributed by atoms with E-state index in [1.807, 2.05) is 24.4 Å². The molecule has 7 nitrogen and oxygen atoms in total. The lowest BCUT2D eigenvalue weighted by Crippen LogP contribution is -2.37. The molecule has 0 aromatic carbocycles. The second-order valence-corrected chi connectivity index (χ2v) is 5.17. The Balaban J connectivity index is 1.78. The Morgan fingerprint density at radius 2 is 2.42 bits per heavy atom. The highest BCUT2D eigenvalue weighted by molar-refractivity contribution is 7.13. The molecule has 0 unspecified atom stereocenters. The van der Waals surface area contributed by atoms with Gasteiger partial charge < -0.3 is 15.0 Å². The van der Waals surface area contributed by atoms with E-state index in [2.05, 4.69) is 10.3 Å². The van der Waals surface area contributed by atoms with Crippen LogP contribution < -0.4 is 10.2 Å². The minimum absolute atomic E-state index is 0.0313. The molecule has 2 heterocycles. The first-order chi connectivity index (χ1) is 9.06. The number of amides is 2. The quantitative estimate of drug-likeness (QED) is 0.840. The number of aromatic nitrogens is 1. The van der Waals surface area contributed by atoms with Gasteiger partial charge in [0.15, 0.2) is 5.13 Å². The minimum Gasteiger partial charge on any atom is -0.448 e. The van der Waals surface area contributed by atoms with Crippen LogP contribution in [0.15, 0.2) is 5.38 Å². The summed E-state index contributed by atoms with van der Waals surface area (Å²) < 4.78 is 4.75. The van der Waals surface area contributed by atoms with Crippen LogP contribution in [0, 0.1) is 0 Å². The number of ether oxygens (including phenoxy) is 1. The summed E-state index contributed by atoms with van der Waals surface area (Å²) >= 11 is 1.52. The summed E-state index contributed by atoms with van der Waals surface area (Å²) in [6.07, 6.45) is -0.432. The number of nitrogens with one attached hydrogen (secondary N) is 1. The van der Waals surface area contributed by atoms with Crippen molar-refractivity contribution in [3.63, 3.8) is 0 Å². The van der Waals surface area contributed by atoms with Gasteiger partial charge in [-0.15, -0.1) is 11.3 Å². The highest BCUT2D eigenvalue weighted by atomic mass is 32.1. The number of hydrogen-bond donors (Lipinski definition) is 1. The van der Waals surface area contributed by atoms with Crippen molar-refractivity contribution < 1.29 is 14.3 Å². The molecule has 1 aromatic heterocycles. The number of cyclic esters (lactones) is 1. The summed E-state index contributed by atoms with van der Waals surface area (Å²) in [5.41, 5.74) is 0.811. The molecule has 1 N–H and O–H groups in total. The molecular formula is C11H16N4O3S. The standard InChI is InChI=1S/C11H16N4O3S/c1-14(2)10-13-8(7-19-10)5-12-9(16)6-15-3-4-18-11(15)17/h7H,3-6H2,1-2H3,(H,12,16). The summed E-state index contributed by atoms with van der Waals surface area (Å²) in [5, 5.41) is 5.53. The molecule has 0 aliphatic carbocycles. The lowest BCUT2D eigenvalue weighted by atomic mass is 10.4. The van der Waals surface area contributed by atoms with E-state index in [9.17, 15) is 9.59 Å². The SMILES string of the molecule is CN(C)c1nc(CNC(=O)CN2CCOC2=O)cs1. The molecular weight excluding hydrogens is 268 g/mol. The van der Waals surface area contributed by atoms with Gasteiger partial charge in [-0.1, -0.05) is 0 Å². The molecule has 104 valence electrons. The van der Waals surface area contributed by atoms with E-state index in [1.54, 1.807) is 0 Å². The second kappa shape index (κ2) is 5.87. The molecule has 1 fully saturated rings. The summed E-state index contributed by atoms with van der Waals surface area (Å²) in [5.74, 6) is -0.210. The van der Waals surface area contributed by atoms with Crippen molar-refractivity contribution in [2.24, 2.45) is 0 Å². The van der Waals surface area contributed by atoms with Gasteiger partial charge in [0.05, 0.1) is 18.8 Å². The maximum absolute atomic E-state index is 11.7. The van der Waals surface area contributed by atoms with Crippen molar-refractivity contribution in [3.8, 4) is 0 Å². The predicted molar refractivity (Wildman–Crippen MR) is 71.2 cm³/mol. The van der Waals surface area contributed by atoms with E-state index >= 15 is 0 Å². The van der Waals surface area contributed by atoms with E-state index in [1.165, 1.54) is 16.2 Å². The van der Waals surface area contributed by atoms with Crippen LogP contribution >= 0.6 is 11.3 Å². The Labute approximate surface area is 115 Å². The summed E-state index contributed by atoms with van der Waals surface area (Å²) in [6, 6.07) is 0. The molecule has 1 aliphatic rings. The zero-order valence-electron chi connectivity index (χ0n) is 10.9. The van der Waals surface area contributed by atoms with Crippen molar-refractivity contribution in [3.05, 3.63) is 11.1 Å². The van der Waals surface area contributed by atoms with E-state index in [-0.39, 0.29) is 12.5 Å². The fourth-order valence-corrected chi connectivity index (χ4v) is 2.33. The van der Waals surface area contributed by atoms with Crippen molar-refractivity contribution >= 4 is 28.5 Å². The van der Waals surface area contributed by atoms with Gasteiger partial charge in [0.25, 0.3) is 0 Å². The molecule has 2 rings (SSSR count). The third-order valence-corrected chi connectivity index (χ3v) is 3.63. The van der Waals surface area contributed by atoms with Crippen LogP contribution in [-0.4, -0.2) is 55.7 Å². The van der Waals surface area contributed by atoms with Gasteiger partial charge in [-0.05, 0) is 0 Å². The molecule has 2 amide bonds. The fourth-order valence-electron chi connectivity index (χ4n) is 1.57. The van der Waals surface area contributed by atoms with E-state index in [0.29, 0.717) is 19.7 Å². The Morgan fingerprint density at radius 1 is 1.63 bits per heavy atom. The summed E-state index contributed by atoms with van der Waals surface area (Å²) in [6.45, 7) is 1.22. The highest BCUT2D eigenvalue weighted by Gasteiger charge is 2.23. The molecule has 0 saturated carbocycles. The first kappa shape index (κ1) is 13.6. The predicted octanol–water partition coefficient (Wildman–Crippen LogP) is 0.277. The Morgan fingerprint density at radius 3 is 3.00 bits per heavy atom. The molecule has 0 atom stereocenters. The van der Waals surface area contributed by atoms with Crippen LogP contribution in [0.2, 0.25) is 0 Å². The largest absolute Gasteiger partial charge is 0.448 e. The van der Waals surface area contributed by atoms with Crippen molar-refractivity contribution in [2.75, 3.05) is 38.7 Å². The maximum Gasteiger partial charge on any atom is 0.410 e. The molecule has 0 spiro atoms. The average Bonchev–Trinajstić information content (AvgIpc) is 2.97. The van der Waals surface area contributed by atoms with Gasteiger partial charge in [-0.3, -0.25) is 9.69 Å². The number of thiazole rings is 1. The normalized spacial score (nSPS) is 14.4. The number of anilines is 1. The van der Waals surface area contributed by atoms with Gasteiger partial charge in [0.2, 0.25) is 5.91 Å². The lowest BCUT2D eigenvalue weighted by molar-refractivity contribution is -0.121. The number of hydrogen-bond acceptors (Lipinski definition) is 6. The molecule has 0 bridgehead atoms. The number of carbonyl (C=O) groups is 2. The van der Waals surface area contributed by atoms with Crippen LogP contribution in [0.3, 0.4) is 0 Å². The first-order valence-electron chi connectivity index (χ1n) is 5.86. The van der Waals surface area contributed by atoms with Crippen LogP contribution in [0.4, 0.5) is 9.93 Å². The molecule has 19 heavy (non-hydrogen) atoms. The second-order valence-electron chi connectivity index (χ2n) is 4.33. The van der Waals surface area contributed by atoms with Crippen LogP contribution in [-0.2, 0) is 16.1 Å². The van der Waals surface area contributed by atoms with Crippen LogP contribution in [0.1, 0.15) is 5.69 Å². The first-order valence-corrected chi connectivity index (χ1v) is 6.74. The van der Waals surface area contributed by atoms with Crippen LogP contribution in [0.5, 0.6) is 0 Å². The smallest absolute Gasteiger partial charge is 0.410 e. The minimum atomic E-state index is -0.432. The van der Waals surface area contributed by atoms with Crippen molar-refractivity contribution in [1.82, 2.24) is 15.2 Å². The van der Waals surface area contributed by atoms with E-state index in [0.717, 1.165) is 10.8 Å². The van der Waals surface area contributed by atoms with Gasteiger partial charge in [0, 0.05) is 19.5 Å². The highest BCUT2D eigenvalue weighted by Crippen LogP contribution is 2.17. The van der Waals surface area contributed by atoms with Gasteiger partial charge in [-0.2, -0.15) is 0 Å². The topological polar surface area (TPSA) is 74.8 Å². The average molecular weight is 284 g/mol. The van der Waals surface area contributed by atoms with Gasteiger partial charge in [0.1, 0.15) is 13.2 Å². The number of carbonyl (C=O) groups excluding carboxylic acids is 2. The third kappa shape index (κ3) is 3.57. The molecule has 1 aliphatic heterocycles. The van der Waals surface area contributed by atoms with E-state index < -0.39 is 6.09 Å². The van der Waals surface area contributed by atoms with Crippen molar-refractivity contribution in [2.45, 2.75) is 6.54 Å². The van der Waals surface area contributed by atoms with Crippen LogP contribution in [0.25, 0.3) is 0 Å². The monoisotopic (exact) mass is 284 g/mol. The Hall–Kier alpha value is -1.83.